The van der Waals surface area contributed by atoms with Crippen LogP contribution >= 0.6 is 0 Å². The van der Waals surface area contributed by atoms with Gasteiger partial charge in [0.1, 0.15) is 0 Å². The van der Waals surface area contributed by atoms with Crippen molar-refractivity contribution in [3.63, 3.8) is 0 Å². The second-order valence-electron chi connectivity index (χ2n) is 7.64. The lowest BCUT2D eigenvalue weighted by molar-refractivity contribution is -0.142. The highest BCUT2D eigenvalue weighted by Gasteiger charge is 2.33. The Balaban J connectivity index is 1.52. The molecule has 3 rings (SSSR count). The van der Waals surface area contributed by atoms with E-state index in [1.165, 1.54) is 12.8 Å². The fourth-order valence-electron chi connectivity index (χ4n) is 4.26. The molecule has 6 heteroatoms. The molecule has 1 aliphatic carbocycles. The van der Waals surface area contributed by atoms with Gasteiger partial charge in [-0.3, -0.25) is 14.3 Å². The van der Waals surface area contributed by atoms with Crippen LogP contribution in [0.15, 0.2) is 12.4 Å². The highest BCUT2D eigenvalue weighted by molar-refractivity contribution is 5.81. The molecule has 6 nitrogen and oxygen atoms in total. The zero-order valence-electron chi connectivity index (χ0n) is 16.2. The number of likely N-dealkylation sites (tertiary alicyclic amines) is 1. The maximum atomic E-state index is 12.9. The Labute approximate surface area is 156 Å². The molecule has 1 saturated carbocycles. The number of hydrogen-bond acceptors (Lipinski definition) is 3. The molecular formula is C20H32N4O2. The van der Waals surface area contributed by atoms with Gasteiger partial charge in [0.05, 0.1) is 6.20 Å². The molecule has 0 bridgehead atoms. The van der Waals surface area contributed by atoms with E-state index < -0.39 is 0 Å². The molecule has 0 atom stereocenters. The fraction of sp³-hybridized carbons (Fsp3) is 0.750. The van der Waals surface area contributed by atoms with E-state index in [0.29, 0.717) is 19.0 Å². The van der Waals surface area contributed by atoms with Crippen molar-refractivity contribution >= 4 is 11.8 Å². The normalized spacial score (nSPS) is 19.1. The maximum absolute atomic E-state index is 12.9. The second-order valence-corrected chi connectivity index (χ2v) is 7.64. The SMILES string of the molecule is CCN(Cc1cnn(CC)c1)C(=O)C1CCN(C(=O)C2CCCC2)CC1. The van der Waals surface area contributed by atoms with Crippen LogP contribution in [0.25, 0.3) is 0 Å². The van der Waals surface area contributed by atoms with Crippen molar-refractivity contribution in [3.8, 4) is 0 Å². The number of amides is 2. The molecular weight excluding hydrogens is 328 g/mol. The first kappa shape index (κ1) is 18.9. The molecule has 1 aromatic rings. The molecule has 0 N–H and O–H groups in total. The third kappa shape index (κ3) is 4.27. The Bertz CT molecular complexity index is 613. The molecule has 2 amide bonds. The van der Waals surface area contributed by atoms with Crippen molar-refractivity contribution in [2.24, 2.45) is 11.8 Å². The summed E-state index contributed by atoms with van der Waals surface area (Å²) in [4.78, 5) is 29.4. The number of aromatic nitrogens is 2. The maximum Gasteiger partial charge on any atom is 0.226 e. The Morgan fingerprint density at radius 3 is 2.38 bits per heavy atom. The summed E-state index contributed by atoms with van der Waals surface area (Å²) in [5, 5.41) is 4.30. The molecule has 1 aliphatic heterocycles. The summed E-state index contributed by atoms with van der Waals surface area (Å²) in [5.41, 5.74) is 1.08. The smallest absolute Gasteiger partial charge is 0.226 e. The Hall–Kier alpha value is -1.85. The highest BCUT2D eigenvalue weighted by Crippen LogP contribution is 2.29. The van der Waals surface area contributed by atoms with Gasteiger partial charge in [0.25, 0.3) is 0 Å². The zero-order valence-corrected chi connectivity index (χ0v) is 16.2. The van der Waals surface area contributed by atoms with Gasteiger partial charge in [0.2, 0.25) is 11.8 Å². The molecule has 144 valence electrons. The van der Waals surface area contributed by atoms with Crippen molar-refractivity contribution in [1.82, 2.24) is 19.6 Å². The van der Waals surface area contributed by atoms with Gasteiger partial charge in [-0.05, 0) is 39.5 Å². The lowest BCUT2D eigenvalue weighted by Gasteiger charge is -2.35. The van der Waals surface area contributed by atoms with Gasteiger partial charge in [0.15, 0.2) is 0 Å². The topological polar surface area (TPSA) is 58.4 Å². The number of hydrogen-bond donors (Lipinski definition) is 0. The summed E-state index contributed by atoms with van der Waals surface area (Å²) in [5.74, 6) is 0.839. The summed E-state index contributed by atoms with van der Waals surface area (Å²) in [7, 11) is 0. The van der Waals surface area contributed by atoms with E-state index in [2.05, 4.69) is 12.0 Å². The van der Waals surface area contributed by atoms with E-state index in [-0.39, 0.29) is 17.7 Å². The van der Waals surface area contributed by atoms with E-state index in [0.717, 1.165) is 50.9 Å². The van der Waals surface area contributed by atoms with Gasteiger partial charge in [-0.25, -0.2) is 0 Å². The van der Waals surface area contributed by atoms with Gasteiger partial charge < -0.3 is 9.80 Å². The third-order valence-corrected chi connectivity index (χ3v) is 5.94. The van der Waals surface area contributed by atoms with E-state index in [9.17, 15) is 9.59 Å². The number of carbonyl (C=O) groups excluding carboxylic acids is 2. The van der Waals surface area contributed by atoms with E-state index in [1.54, 1.807) is 0 Å². The first-order chi connectivity index (χ1) is 12.6. The molecule has 0 radical (unpaired) electrons. The quantitative estimate of drug-likeness (QED) is 0.784. The zero-order chi connectivity index (χ0) is 18.5. The van der Waals surface area contributed by atoms with Crippen molar-refractivity contribution in [1.29, 1.82) is 0 Å². The van der Waals surface area contributed by atoms with Crippen LogP contribution in [0.4, 0.5) is 0 Å². The monoisotopic (exact) mass is 360 g/mol. The second kappa shape index (κ2) is 8.69. The summed E-state index contributed by atoms with van der Waals surface area (Å²) < 4.78 is 1.89. The molecule has 26 heavy (non-hydrogen) atoms. The van der Waals surface area contributed by atoms with Crippen LogP contribution in [0.2, 0.25) is 0 Å². The predicted octanol–water partition coefficient (Wildman–Crippen LogP) is 2.68. The minimum atomic E-state index is 0.0452. The Kier molecular flexibility index (Phi) is 6.33. The van der Waals surface area contributed by atoms with Gasteiger partial charge in [-0.15, -0.1) is 0 Å². The summed E-state index contributed by atoms with van der Waals surface area (Å²) in [6, 6.07) is 0. The minimum Gasteiger partial charge on any atom is -0.342 e. The van der Waals surface area contributed by atoms with Crippen LogP contribution in [-0.2, 0) is 22.7 Å². The summed E-state index contributed by atoms with van der Waals surface area (Å²) >= 11 is 0. The Morgan fingerprint density at radius 1 is 1.12 bits per heavy atom. The fourth-order valence-corrected chi connectivity index (χ4v) is 4.26. The van der Waals surface area contributed by atoms with Crippen LogP contribution in [0.5, 0.6) is 0 Å². The summed E-state index contributed by atoms with van der Waals surface area (Å²) in [6.45, 7) is 7.72. The largest absolute Gasteiger partial charge is 0.342 e. The molecule has 2 heterocycles. The van der Waals surface area contributed by atoms with Crippen molar-refractivity contribution in [3.05, 3.63) is 18.0 Å². The first-order valence-corrected chi connectivity index (χ1v) is 10.2. The first-order valence-electron chi connectivity index (χ1n) is 10.2. The van der Waals surface area contributed by atoms with Gasteiger partial charge >= 0.3 is 0 Å². The molecule has 1 saturated heterocycles. The predicted molar refractivity (Wildman–Crippen MR) is 100 cm³/mol. The van der Waals surface area contributed by atoms with Crippen LogP contribution in [0.1, 0.15) is 57.9 Å². The highest BCUT2D eigenvalue weighted by atomic mass is 16.2. The van der Waals surface area contributed by atoms with Crippen molar-refractivity contribution in [2.45, 2.75) is 65.5 Å². The van der Waals surface area contributed by atoms with Crippen LogP contribution < -0.4 is 0 Å². The molecule has 0 aromatic carbocycles. The molecule has 1 aromatic heterocycles. The number of aryl methyl sites for hydroxylation is 1. The lowest BCUT2D eigenvalue weighted by atomic mass is 9.93. The molecule has 2 fully saturated rings. The summed E-state index contributed by atoms with van der Waals surface area (Å²) in [6.07, 6.45) is 9.92. The number of rotatable bonds is 6. The number of piperidine rings is 1. The Morgan fingerprint density at radius 2 is 1.81 bits per heavy atom. The average molecular weight is 361 g/mol. The number of carbonyl (C=O) groups is 2. The molecule has 0 spiro atoms. The van der Waals surface area contributed by atoms with E-state index in [4.69, 9.17) is 0 Å². The molecule has 2 aliphatic rings. The average Bonchev–Trinajstić information content (AvgIpc) is 3.37. The van der Waals surface area contributed by atoms with Crippen LogP contribution in [0.3, 0.4) is 0 Å². The lowest BCUT2D eigenvalue weighted by Crippen LogP contribution is -2.45. The van der Waals surface area contributed by atoms with Crippen LogP contribution in [0, 0.1) is 11.8 Å². The van der Waals surface area contributed by atoms with Crippen molar-refractivity contribution in [2.75, 3.05) is 19.6 Å². The van der Waals surface area contributed by atoms with Gasteiger partial charge in [-0.1, -0.05) is 12.8 Å². The van der Waals surface area contributed by atoms with Crippen molar-refractivity contribution < 1.29 is 9.59 Å². The number of nitrogens with zero attached hydrogens (tertiary/aromatic N) is 4. The van der Waals surface area contributed by atoms with Crippen LogP contribution in [-0.4, -0.2) is 51.0 Å². The van der Waals surface area contributed by atoms with E-state index in [1.807, 2.05) is 33.8 Å². The molecule has 0 unspecified atom stereocenters. The standard InChI is InChI=1S/C20H32N4O2/c1-3-22(14-16-13-21-24(4-2)15-16)19(25)18-9-11-23(12-10-18)20(26)17-7-5-6-8-17/h13,15,17-18H,3-12,14H2,1-2H3. The van der Waals surface area contributed by atoms with Gasteiger partial charge in [-0.2, -0.15) is 5.10 Å². The third-order valence-electron chi connectivity index (χ3n) is 5.94. The van der Waals surface area contributed by atoms with Gasteiger partial charge in [0, 0.05) is 56.3 Å². The minimum absolute atomic E-state index is 0.0452. The van der Waals surface area contributed by atoms with E-state index >= 15 is 0 Å².